The van der Waals surface area contributed by atoms with Gasteiger partial charge in [0.15, 0.2) is 0 Å². The molecule has 0 aliphatic heterocycles. The van der Waals surface area contributed by atoms with Crippen molar-refractivity contribution in [2.24, 2.45) is 0 Å². The van der Waals surface area contributed by atoms with E-state index in [1.807, 2.05) is 0 Å². The SMILES string of the molecule is [O]=[W](=[O])([O-])[O][W](=[O])(=[O])[O-].[Sr+2]. The first-order chi connectivity index (χ1) is 3.71. The molecule has 0 heterocycles. The molecule has 0 aliphatic carbocycles. The molecule has 0 fully saturated rings. The number of hydrogen-bond donors (Lipinski definition) is 0. The molecule has 56 valence electrons. The van der Waals surface area contributed by atoms with Crippen LogP contribution >= 0.6 is 0 Å². The maximum atomic E-state index is 9.45. The Balaban J connectivity index is 0. The normalized spacial score (nSPS) is 12.2. The molecular weight excluding hydrogens is 567 g/mol. The minimum Gasteiger partial charge on any atom is 2.00 e. The Labute approximate surface area is 100 Å². The van der Waals surface area contributed by atoms with E-state index in [1.54, 1.807) is 0 Å². The Hall–Kier alpha value is 1.94. The van der Waals surface area contributed by atoms with Gasteiger partial charge in [0.1, 0.15) is 0 Å². The van der Waals surface area contributed by atoms with E-state index in [2.05, 4.69) is 2.04 Å². The molecule has 0 aromatic heterocycles. The fourth-order valence-electron chi connectivity index (χ4n) is 0.102. The average Bonchev–Trinajstić information content (AvgIpc) is 1.14. The largest absolute Gasteiger partial charge is 2.00 e. The Morgan fingerprint density at radius 2 is 1.10 bits per heavy atom. The van der Waals surface area contributed by atoms with Crippen LogP contribution in [0.25, 0.3) is 0 Å². The smallest absolute Gasteiger partial charge is 2.00 e. The summed E-state index contributed by atoms with van der Waals surface area (Å²) in [4.78, 5) is 0. The van der Waals surface area contributed by atoms with Crippen LogP contribution in [-0.2, 0) is 49.1 Å². The van der Waals surface area contributed by atoms with E-state index in [0.717, 1.165) is 0 Å². The van der Waals surface area contributed by atoms with Gasteiger partial charge >= 0.3 is 102 Å². The van der Waals surface area contributed by atoms with Gasteiger partial charge in [-0.05, 0) is 0 Å². The Kier molecular flexibility index (Phi) is 7.00. The van der Waals surface area contributed by atoms with Crippen LogP contribution in [0.2, 0.25) is 0 Å². The summed E-state index contributed by atoms with van der Waals surface area (Å²) in [7, 11) is 0. The first-order valence-corrected chi connectivity index (χ1v) is 10.9. The maximum absolute atomic E-state index is 9.45. The van der Waals surface area contributed by atoms with Crippen LogP contribution in [0, 0.1) is 0 Å². The van der Waals surface area contributed by atoms with E-state index in [-0.39, 0.29) is 45.5 Å². The third-order valence-electron chi connectivity index (χ3n) is 0.167. The van der Waals surface area contributed by atoms with E-state index < -0.39 is 33.5 Å². The second kappa shape index (κ2) is 4.84. The van der Waals surface area contributed by atoms with Crippen molar-refractivity contribution in [2.45, 2.75) is 0 Å². The molecule has 0 spiro atoms. The van der Waals surface area contributed by atoms with Crippen molar-refractivity contribution in [3.63, 3.8) is 0 Å². The van der Waals surface area contributed by atoms with Crippen molar-refractivity contribution >= 4 is 45.5 Å². The fraction of sp³-hybridized carbons (Fsp3) is 0. The summed E-state index contributed by atoms with van der Waals surface area (Å²) in [6.45, 7) is 0. The van der Waals surface area contributed by atoms with Crippen molar-refractivity contribution in [1.82, 2.24) is 0 Å². The van der Waals surface area contributed by atoms with Crippen molar-refractivity contribution in [3.05, 3.63) is 0 Å². The molecule has 0 rings (SSSR count). The molecule has 0 aromatic rings. The van der Waals surface area contributed by atoms with Gasteiger partial charge < -0.3 is 0 Å². The molecule has 0 aromatic carbocycles. The van der Waals surface area contributed by atoms with Gasteiger partial charge in [-0.15, -0.1) is 0 Å². The van der Waals surface area contributed by atoms with Crippen molar-refractivity contribution in [2.75, 3.05) is 0 Å². The molecule has 10 heavy (non-hydrogen) atoms. The van der Waals surface area contributed by atoms with Gasteiger partial charge in [-0.1, -0.05) is 0 Å². The van der Waals surface area contributed by atoms with Crippen molar-refractivity contribution < 1.29 is 56.6 Å². The second-order valence-electron chi connectivity index (χ2n) is 0.885. The first kappa shape index (κ1) is 14.5. The number of hydrogen-bond acceptors (Lipinski definition) is 7. The van der Waals surface area contributed by atoms with Crippen LogP contribution < -0.4 is 7.52 Å². The molecule has 0 radical (unpaired) electrons. The molecule has 0 aliphatic rings. The van der Waals surface area contributed by atoms with Crippen LogP contribution in [0.3, 0.4) is 0 Å². The second-order valence-corrected chi connectivity index (χ2v) is 11.2. The standard InChI is InChI=1S/7O.Sr.2W/q;;;;;2*-1;+2;;. The van der Waals surface area contributed by atoms with E-state index in [1.165, 1.54) is 0 Å². The quantitative estimate of drug-likeness (QED) is 0.321. The zero-order valence-corrected chi connectivity index (χ0v) is 13.7. The molecule has 0 unspecified atom stereocenters. The van der Waals surface area contributed by atoms with Crippen molar-refractivity contribution in [1.29, 1.82) is 0 Å². The van der Waals surface area contributed by atoms with Gasteiger partial charge in [0.25, 0.3) is 0 Å². The summed E-state index contributed by atoms with van der Waals surface area (Å²) in [5, 5.41) is 0. The van der Waals surface area contributed by atoms with Gasteiger partial charge in [-0.2, -0.15) is 0 Å². The Morgan fingerprint density at radius 1 is 0.900 bits per heavy atom. The molecule has 0 saturated carbocycles. The van der Waals surface area contributed by atoms with Gasteiger partial charge in [-0.25, -0.2) is 0 Å². The van der Waals surface area contributed by atoms with E-state index in [0.29, 0.717) is 0 Å². The molecular formula is O7SrW2. The van der Waals surface area contributed by atoms with Crippen LogP contribution in [-0.4, -0.2) is 45.5 Å². The van der Waals surface area contributed by atoms with Crippen LogP contribution in [0.15, 0.2) is 0 Å². The van der Waals surface area contributed by atoms with E-state index >= 15 is 0 Å². The summed E-state index contributed by atoms with van der Waals surface area (Å²) in [5.74, 6) is 0. The summed E-state index contributed by atoms with van der Waals surface area (Å²) >= 11 is -13.1. The minimum atomic E-state index is -6.53. The zero-order valence-electron chi connectivity index (χ0n) is 4.38. The van der Waals surface area contributed by atoms with Gasteiger partial charge in [-0.3, -0.25) is 0 Å². The van der Waals surface area contributed by atoms with Gasteiger partial charge in [0, 0.05) is 0 Å². The van der Waals surface area contributed by atoms with Crippen LogP contribution in [0.1, 0.15) is 0 Å². The third kappa shape index (κ3) is 12.6. The first-order valence-electron chi connectivity index (χ1n) is 1.33. The summed E-state index contributed by atoms with van der Waals surface area (Å²) in [6.07, 6.45) is 0. The number of rotatable bonds is 2. The van der Waals surface area contributed by atoms with Gasteiger partial charge in [0.2, 0.25) is 0 Å². The van der Waals surface area contributed by atoms with Gasteiger partial charge in [0.05, 0.1) is 0 Å². The molecule has 0 bridgehead atoms. The Morgan fingerprint density at radius 3 is 1.10 bits per heavy atom. The maximum Gasteiger partial charge on any atom is 2.00 e. The molecule has 0 saturated heterocycles. The molecule has 0 atom stereocenters. The molecule has 0 N–H and O–H groups in total. The van der Waals surface area contributed by atoms with Crippen molar-refractivity contribution in [3.8, 4) is 0 Å². The monoisotopic (exact) mass is 568 g/mol. The van der Waals surface area contributed by atoms with Crippen LogP contribution in [0.4, 0.5) is 0 Å². The fourth-order valence-corrected chi connectivity index (χ4v) is 6.84. The molecule has 7 nitrogen and oxygen atoms in total. The predicted octanol–water partition coefficient (Wildman–Crippen LogP) is -3.31. The van der Waals surface area contributed by atoms with E-state index in [4.69, 9.17) is 0 Å². The van der Waals surface area contributed by atoms with Crippen LogP contribution in [0.5, 0.6) is 0 Å². The zero-order chi connectivity index (χ0) is 7.71. The molecule has 10 heteroatoms. The summed E-state index contributed by atoms with van der Waals surface area (Å²) in [5.41, 5.74) is 0. The molecule has 0 amide bonds. The summed E-state index contributed by atoms with van der Waals surface area (Å²) in [6, 6.07) is 0. The predicted molar refractivity (Wildman–Crippen MR) is 9.59 cm³/mol. The third-order valence-corrected chi connectivity index (χ3v) is 11.2. The minimum absolute atomic E-state index is 0. The topological polar surface area (TPSA) is 124 Å². The average molecular weight is 567 g/mol. The Bertz CT molecular complexity index is 237. The summed E-state index contributed by atoms with van der Waals surface area (Å²) < 4.78 is 59.4. The van der Waals surface area contributed by atoms with E-state index in [9.17, 15) is 21.1 Å².